The molecule has 0 aliphatic rings. The van der Waals surface area contributed by atoms with Crippen molar-refractivity contribution in [1.82, 2.24) is 5.32 Å². The highest BCUT2D eigenvalue weighted by molar-refractivity contribution is 6.07. The van der Waals surface area contributed by atoms with Crippen molar-refractivity contribution in [3.63, 3.8) is 0 Å². The fourth-order valence-corrected chi connectivity index (χ4v) is 2.66. The Kier molecular flexibility index (Phi) is 4.48. The molecule has 120 valence electrons. The third-order valence-electron chi connectivity index (χ3n) is 3.80. The van der Waals surface area contributed by atoms with Crippen LogP contribution in [0.1, 0.15) is 12.8 Å². The van der Waals surface area contributed by atoms with Crippen LogP contribution in [0.2, 0.25) is 0 Å². The smallest absolute Gasteiger partial charge is 0.224 e. The van der Waals surface area contributed by atoms with Gasteiger partial charge in [0.15, 0.2) is 0 Å². The van der Waals surface area contributed by atoms with Crippen molar-refractivity contribution >= 4 is 33.5 Å². The van der Waals surface area contributed by atoms with Gasteiger partial charge in [0.2, 0.25) is 5.91 Å². The first-order valence-electron chi connectivity index (χ1n) is 7.66. The highest BCUT2D eigenvalue weighted by atomic mass is 16.5. The second kappa shape index (κ2) is 6.71. The standard InChI is InChI=1S/C18H20N2O3/c1-19-9-5-8-18(21)20-14-11-16-13(10-17(14)22-2)12-6-3-4-7-15(12)23-16/h3-4,6-7,10-11,19H,5,8-9H2,1-2H3,(H,20,21). The maximum Gasteiger partial charge on any atom is 0.224 e. The number of amides is 1. The number of benzene rings is 2. The number of methoxy groups -OCH3 is 1. The lowest BCUT2D eigenvalue weighted by molar-refractivity contribution is -0.116. The van der Waals surface area contributed by atoms with Crippen LogP contribution in [0.15, 0.2) is 40.8 Å². The van der Waals surface area contributed by atoms with Crippen molar-refractivity contribution in [3.05, 3.63) is 36.4 Å². The molecular formula is C18H20N2O3. The number of fused-ring (bicyclic) bond motifs is 3. The second-order valence-corrected chi connectivity index (χ2v) is 5.40. The van der Waals surface area contributed by atoms with Crippen LogP contribution in [-0.4, -0.2) is 26.6 Å². The number of para-hydroxylation sites is 1. The summed E-state index contributed by atoms with van der Waals surface area (Å²) in [5.74, 6) is 0.597. The Morgan fingerprint density at radius 3 is 2.78 bits per heavy atom. The first-order valence-corrected chi connectivity index (χ1v) is 7.66. The molecule has 1 aromatic heterocycles. The molecule has 1 heterocycles. The number of nitrogens with one attached hydrogen (secondary N) is 2. The van der Waals surface area contributed by atoms with E-state index in [9.17, 15) is 4.79 Å². The van der Waals surface area contributed by atoms with Gasteiger partial charge in [0.1, 0.15) is 16.9 Å². The van der Waals surface area contributed by atoms with Crippen molar-refractivity contribution in [1.29, 1.82) is 0 Å². The zero-order chi connectivity index (χ0) is 16.2. The molecule has 0 fully saturated rings. The summed E-state index contributed by atoms with van der Waals surface area (Å²) in [6.45, 7) is 0.813. The van der Waals surface area contributed by atoms with Crippen LogP contribution in [0, 0.1) is 0 Å². The lowest BCUT2D eigenvalue weighted by Crippen LogP contribution is -2.15. The zero-order valence-corrected chi connectivity index (χ0v) is 13.3. The Balaban J connectivity index is 1.93. The van der Waals surface area contributed by atoms with E-state index in [0.29, 0.717) is 17.9 Å². The molecule has 0 bridgehead atoms. The Labute approximate surface area is 134 Å². The Bertz CT molecular complexity index is 839. The summed E-state index contributed by atoms with van der Waals surface area (Å²) in [7, 11) is 3.47. The van der Waals surface area contributed by atoms with E-state index in [1.807, 2.05) is 43.4 Å². The molecule has 0 radical (unpaired) electrons. The largest absolute Gasteiger partial charge is 0.495 e. The SMILES string of the molecule is CNCCCC(=O)Nc1cc2oc3ccccc3c2cc1OC. The van der Waals surface area contributed by atoms with Crippen molar-refractivity contribution in [2.24, 2.45) is 0 Å². The van der Waals surface area contributed by atoms with Crippen molar-refractivity contribution in [2.45, 2.75) is 12.8 Å². The van der Waals surface area contributed by atoms with Crippen molar-refractivity contribution in [3.8, 4) is 5.75 Å². The molecule has 0 aliphatic carbocycles. The molecule has 5 nitrogen and oxygen atoms in total. The van der Waals surface area contributed by atoms with E-state index >= 15 is 0 Å². The highest BCUT2D eigenvalue weighted by Gasteiger charge is 2.13. The molecule has 5 heteroatoms. The molecule has 23 heavy (non-hydrogen) atoms. The molecular weight excluding hydrogens is 292 g/mol. The Morgan fingerprint density at radius 1 is 1.17 bits per heavy atom. The fourth-order valence-electron chi connectivity index (χ4n) is 2.66. The highest BCUT2D eigenvalue weighted by Crippen LogP contribution is 2.36. The van der Waals surface area contributed by atoms with E-state index < -0.39 is 0 Å². The Morgan fingerprint density at radius 2 is 2.00 bits per heavy atom. The van der Waals surface area contributed by atoms with E-state index in [1.165, 1.54) is 0 Å². The van der Waals surface area contributed by atoms with Gasteiger partial charge in [-0.25, -0.2) is 0 Å². The number of hydrogen-bond acceptors (Lipinski definition) is 4. The summed E-state index contributed by atoms with van der Waals surface area (Å²) < 4.78 is 11.3. The van der Waals surface area contributed by atoms with Gasteiger partial charge >= 0.3 is 0 Å². The van der Waals surface area contributed by atoms with Gasteiger partial charge in [0.05, 0.1) is 12.8 Å². The third-order valence-corrected chi connectivity index (χ3v) is 3.80. The number of furan rings is 1. The molecule has 0 saturated heterocycles. The van der Waals surface area contributed by atoms with Crippen molar-refractivity contribution < 1.29 is 13.9 Å². The van der Waals surface area contributed by atoms with Crippen LogP contribution in [0.5, 0.6) is 5.75 Å². The van der Waals surface area contributed by atoms with Crippen LogP contribution in [0.3, 0.4) is 0 Å². The summed E-state index contributed by atoms with van der Waals surface area (Å²) >= 11 is 0. The van der Waals surface area contributed by atoms with E-state index in [4.69, 9.17) is 9.15 Å². The van der Waals surface area contributed by atoms with E-state index in [-0.39, 0.29) is 5.91 Å². The molecule has 0 unspecified atom stereocenters. The maximum atomic E-state index is 12.0. The first kappa shape index (κ1) is 15.4. The molecule has 0 atom stereocenters. The van der Waals surface area contributed by atoms with Crippen molar-refractivity contribution in [2.75, 3.05) is 26.0 Å². The molecule has 1 amide bonds. The predicted octanol–water partition coefficient (Wildman–Crippen LogP) is 3.53. The normalized spacial score (nSPS) is 11.0. The summed E-state index contributed by atoms with van der Waals surface area (Å²) in [4.78, 5) is 12.0. The molecule has 2 aromatic carbocycles. The van der Waals surface area contributed by atoms with Gasteiger partial charge in [0, 0.05) is 23.3 Å². The zero-order valence-electron chi connectivity index (χ0n) is 13.3. The molecule has 0 saturated carbocycles. The third kappa shape index (κ3) is 3.14. The number of rotatable bonds is 6. The summed E-state index contributed by atoms with van der Waals surface area (Å²) in [5, 5.41) is 7.95. The lowest BCUT2D eigenvalue weighted by atomic mass is 10.1. The summed E-state index contributed by atoms with van der Waals surface area (Å²) in [5.41, 5.74) is 2.19. The number of carbonyl (C=O) groups is 1. The minimum atomic E-state index is -0.0333. The molecule has 3 rings (SSSR count). The van der Waals surface area contributed by atoms with Gasteiger partial charge in [-0.1, -0.05) is 18.2 Å². The van der Waals surface area contributed by atoms with Crippen LogP contribution < -0.4 is 15.4 Å². The van der Waals surface area contributed by atoms with Gasteiger partial charge in [-0.3, -0.25) is 4.79 Å². The lowest BCUT2D eigenvalue weighted by Gasteiger charge is -2.10. The minimum Gasteiger partial charge on any atom is -0.495 e. The van der Waals surface area contributed by atoms with Crippen LogP contribution in [-0.2, 0) is 4.79 Å². The van der Waals surface area contributed by atoms with E-state index in [0.717, 1.165) is 34.9 Å². The van der Waals surface area contributed by atoms with Gasteiger partial charge in [-0.2, -0.15) is 0 Å². The number of anilines is 1. The number of carbonyl (C=O) groups excluding carboxylic acids is 1. The van der Waals surface area contributed by atoms with Gasteiger partial charge in [0.25, 0.3) is 0 Å². The van der Waals surface area contributed by atoms with Crippen LogP contribution in [0.4, 0.5) is 5.69 Å². The quantitative estimate of drug-likeness (QED) is 0.683. The first-order chi connectivity index (χ1) is 11.2. The molecule has 0 aliphatic heterocycles. The fraction of sp³-hybridized carbons (Fsp3) is 0.278. The van der Waals surface area contributed by atoms with Crippen LogP contribution >= 0.6 is 0 Å². The second-order valence-electron chi connectivity index (χ2n) is 5.40. The van der Waals surface area contributed by atoms with Gasteiger partial charge < -0.3 is 19.8 Å². The van der Waals surface area contributed by atoms with E-state index in [2.05, 4.69) is 10.6 Å². The van der Waals surface area contributed by atoms with E-state index in [1.54, 1.807) is 7.11 Å². The van der Waals surface area contributed by atoms with Gasteiger partial charge in [-0.15, -0.1) is 0 Å². The number of hydrogen-bond donors (Lipinski definition) is 2. The molecule has 2 N–H and O–H groups in total. The molecule has 3 aromatic rings. The average molecular weight is 312 g/mol. The monoisotopic (exact) mass is 312 g/mol. The van der Waals surface area contributed by atoms with Gasteiger partial charge in [-0.05, 0) is 32.1 Å². The average Bonchev–Trinajstić information content (AvgIpc) is 2.91. The minimum absolute atomic E-state index is 0.0333. The summed E-state index contributed by atoms with van der Waals surface area (Å²) in [6.07, 6.45) is 1.25. The number of ether oxygens (including phenoxy) is 1. The summed E-state index contributed by atoms with van der Waals surface area (Å²) in [6, 6.07) is 11.6. The maximum absolute atomic E-state index is 12.0. The van der Waals surface area contributed by atoms with Crippen LogP contribution in [0.25, 0.3) is 21.9 Å². The molecule has 0 spiro atoms. The Hall–Kier alpha value is -2.53. The predicted molar refractivity (Wildman–Crippen MR) is 92.1 cm³/mol. The topological polar surface area (TPSA) is 63.5 Å².